The number of aliphatic hydroxyl groups excluding tert-OH is 1. The third kappa shape index (κ3) is 5.36. The summed E-state index contributed by atoms with van der Waals surface area (Å²) in [5.74, 6) is -2.03. The smallest absolute Gasteiger partial charge is 0.330 e. The first-order valence-corrected chi connectivity index (χ1v) is 6.23. The van der Waals surface area contributed by atoms with Gasteiger partial charge < -0.3 is 20.5 Å². The van der Waals surface area contributed by atoms with Crippen molar-refractivity contribution in [3.8, 4) is 0 Å². The van der Waals surface area contributed by atoms with E-state index in [0.717, 1.165) is 7.11 Å². The maximum atomic E-state index is 11.7. The van der Waals surface area contributed by atoms with Crippen LogP contribution in [-0.4, -0.2) is 54.2 Å². The SMILES string of the molecule is COC(=O)[C@@H](CO)NC(=O)CNC(=O)c1cc(Cl)ccn1. The first-order chi connectivity index (χ1) is 9.97. The quantitative estimate of drug-likeness (QED) is 0.586. The van der Waals surface area contributed by atoms with E-state index in [1.165, 1.54) is 18.3 Å². The zero-order chi connectivity index (χ0) is 15.8. The number of carbonyl (C=O) groups is 3. The molecule has 21 heavy (non-hydrogen) atoms. The second-order valence-corrected chi connectivity index (χ2v) is 4.30. The lowest BCUT2D eigenvalue weighted by atomic mass is 10.3. The minimum atomic E-state index is -1.18. The first kappa shape index (κ1) is 16.9. The molecule has 2 amide bonds. The van der Waals surface area contributed by atoms with Gasteiger partial charge >= 0.3 is 5.97 Å². The third-order valence-corrected chi connectivity index (χ3v) is 2.60. The molecule has 1 aromatic heterocycles. The predicted molar refractivity (Wildman–Crippen MR) is 72.6 cm³/mol. The number of nitrogens with one attached hydrogen (secondary N) is 2. The van der Waals surface area contributed by atoms with Crippen LogP contribution < -0.4 is 10.6 Å². The Morgan fingerprint density at radius 1 is 1.48 bits per heavy atom. The molecule has 0 bridgehead atoms. The topological polar surface area (TPSA) is 118 Å². The fraction of sp³-hybridized carbons (Fsp3) is 0.333. The molecule has 8 nitrogen and oxygen atoms in total. The standard InChI is InChI=1S/C12H14ClN3O5/c1-21-12(20)9(6-17)16-10(18)5-15-11(19)8-4-7(13)2-3-14-8/h2-4,9,17H,5-6H2,1H3,(H,15,19)(H,16,18)/t9-/m1/s1. The van der Waals surface area contributed by atoms with Crippen molar-refractivity contribution >= 4 is 29.4 Å². The van der Waals surface area contributed by atoms with Crippen molar-refractivity contribution < 1.29 is 24.2 Å². The highest BCUT2D eigenvalue weighted by Crippen LogP contribution is 2.07. The van der Waals surface area contributed by atoms with Crippen molar-refractivity contribution in [2.75, 3.05) is 20.3 Å². The van der Waals surface area contributed by atoms with Crippen LogP contribution >= 0.6 is 11.6 Å². The average Bonchev–Trinajstić information content (AvgIpc) is 2.49. The van der Waals surface area contributed by atoms with Gasteiger partial charge in [0.05, 0.1) is 20.3 Å². The number of methoxy groups -OCH3 is 1. The zero-order valence-corrected chi connectivity index (χ0v) is 11.9. The van der Waals surface area contributed by atoms with Crippen LogP contribution in [0.4, 0.5) is 0 Å². The number of aromatic nitrogens is 1. The number of halogens is 1. The molecule has 0 aliphatic heterocycles. The maximum absolute atomic E-state index is 11.7. The Hall–Kier alpha value is -2.19. The van der Waals surface area contributed by atoms with Crippen LogP contribution in [0.2, 0.25) is 5.02 Å². The molecule has 0 saturated heterocycles. The minimum Gasteiger partial charge on any atom is -0.467 e. The van der Waals surface area contributed by atoms with E-state index in [4.69, 9.17) is 16.7 Å². The number of aliphatic hydroxyl groups is 1. The van der Waals surface area contributed by atoms with E-state index in [1.54, 1.807) is 0 Å². The van der Waals surface area contributed by atoms with Gasteiger partial charge in [0, 0.05) is 11.2 Å². The Morgan fingerprint density at radius 2 is 2.19 bits per heavy atom. The summed E-state index contributed by atoms with van der Waals surface area (Å²) in [6.07, 6.45) is 1.36. The number of pyridine rings is 1. The number of carbonyl (C=O) groups excluding carboxylic acids is 3. The van der Waals surface area contributed by atoms with Gasteiger partial charge in [-0.3, -0.25) is 14.6 Å². The fourth-order valence-electron chi connectivity index (χ4n) is 1.35. The summed E-state index contributed by atoms with van der Waals surface area (Å²) in [6.45, 7) is -0.997. The van der Waals surface area contributed by atoms with Gasteiger partial charge in [0.15, 0.2) is 6.04 Å². The van der Waals surface area contributed by atoms with E-state index in [9.17, 15) is 14.4 Å². The van der Waals surface area contributed by atoms with E-state index in [1.807, 2.05) is 0 Å². The van der Waals surface area contributed by atoms with E-state index in [2.05, 4.69) is 20.4 Å². The van der Waals surface area contributed by atoms with E-state index < -0.39 is 30.4 Å². The highest BCUT2D eigenvalue weighted by molar-refractivity contribution is 6.30. The summed E-state index contributed by atoms with van der Waals surface area (Å²) in [5.41, 5.74) is 0.0574. The molecule has 0 saturated carbocycles. The third-order valence-electron chi connectivity index (χ3n) is 2.37. The van der Waals surface area contributed by atoms with Crippen LogP contribution in [0.3, 0.4) is 0 Å². The highest BCUT2D eigenvalue weighted by atomic mass is 35.5. The summed E-state index contributed by atoms with van der Waals surface area (Å²) in [5, 5.41) is 13.8. The van der Waals surface area contributed by atoms with E-state index >= 15 is 0 Å². The van der Waals surface area contributed by atoms with E-state index in [-0.39, 0.29) is 12.2 Å². The van der Waals surface area contributed by atoms with E-state index in [0.29, 0.717) is 5.02 Å². The summed E-state index contributed by atoms with van der Waals surface area (Å²) in [4.78, 5) is 38.2. The molecule has 1 rings (SSSR count). The van der Waals surface area contributed by atoms with Crippen molar-refractivity contribution in [1.29, 1.82) is 0 Å². The number of nitrogens with zero attached hydrogens (tertiary/aromatic N) is 1. The monoisotopic (exact) mass is 315 g/mol. The van der Waals surface area contributed by atoms with Crippen LogP contribution in [0.5, 0.6) is 0 Å². The largest absolute Gasteiger partial charge is 0.467 e. The molecule has 0 spiro atoms. The number of rotatable bonds is 6. The molecule has 1 atom stereocenters. The molecule has 0 radical (unpaired) electrons. The molecule has 0 unspecified atom stereocenters. The van der Waals surface area contributed by atoms with Crippen LogP contribution in [0.1, 0.15) is 10.5 Å². The van der Waals surface area contributed by atoms with Gasteiger partial charge in [-0.25, -0.2) is 4.79 Å². The number of hydrogen-bond donors (Lipinski definition) is 3. The van der Waals surface area contributed by atoms with Gasteiger partial charge in [-0.05, 0) is 12.1 Å². The second kappa shape index (κ2) is 8.18. The summed E-state index contributed by atoms with van der Waals surface area (Å²) < 4.78 is 4.39. The molecule has 0 aliphatic carbocycles. The first-order valence-electron chi connectivity index (χ1n) is 5.85. The van der Waals surface area contributed by atoms with Crippen LogP contribution in [0, 0.1) is 0 Å². The van der Waals surface area contributed by atoms with Gasteiger partial charge in [0.2, 0.25) is 5.91 Å². The lowest BCUT2D eigenvalue weighted by Gasteiger charge is -2.13. The van der Waals surface area contributed by atoms with Crippen molar-refractivity contribution in [1.82, 2.24) is 15.6 Å². The Labute approximate surface area is 125 Å². The summed E-state index contributed by atoms with van der Waals surface area (Å²) in [6, 6.07) is 1.68. The second-order valence-electron chi connectivity index (χ2n) is 3.87. The number of hydrogen-bond acceptors (Lipinski definition) is 6. The number of ether oxygens (including phenoxy) is 1. The fourth-order valence-corrected chi connectivity index (χ4v) is 1.51. The number of amides is 2. The maximum Gasteiger partial charge on any atom is 0.330 e. The van der Waals surface area contributed by atoms with Crippen molar-refractivity contribution in [3.63, 3.8) is 0 Å². The van der Waals surface area contributed by atoms with Crippen LogP contribution in [-0.2, 0) is 14.3 Å². The molecule has 1 aromatic rings. The molecule has 1 heterocycles. The van der Waals surface area contributed by atoms with Crippen LogP contribution in [0.15, 0.2) is 18.3 Å². The van der Waals surface area contributed by atoms with Crippen molar-refractivity contribution in [2.24, 2.45) is 0 Å². The predicted octanol–water partition coefficient (Wildman–Crippen LogP) is -0.885. The highest BCUT2D eigenvalue weighted by Gasteiger charge is 2.20. The van der Waals surface area contributed by atoms with Gasteiger partial charge in [0.25, 0.3) is 5.91 Å². The molecular formula is C12H14ClN3O5. The van der Waals surface area contributed by atoms with Crippen LogP contribution in [0.25, 0.3) is 0 Å². The van der Waals surface area contributed by atoms with Gasteiger partial charge in [-0.2, -0.15) is 0 Å². The molecule has 9 heteroatoms. The van der Waals surface area contributed by atoms with Gasteiger partial charge in [-0.1, -0.05) is 11.6 Å². The minimum absolute atomic E-state index is 0.0574. The molecule has 0 aliphatic rings. The Bertz CT molecular complexity index is 537. The van der Waals surface area contributed by atoms with Gasteiger partial charge in [-0.15, -0.1) is 0 Å². The Balaban J connectivity index is 2.49. The zero-order valence-electron chi connectivity index (χ0n) is 11.1. The molecular weight excluding hydrogens is 302 g/mol. The van der Waals surface area contributed by atoms with Crippen molar-refractivity contribution in [3.05, 3.63) is 29.0 Å². The Kier molecular flexibility index (Phi) is 6.57. The lowest BCUT2D eigenvalue weighted by Crippen LogP contribution is -2.47. The molecule has 3 N–H and O–H groups in total. The number of esters is 1. The molecule has 0 aromatic carbocycles. The molecule has 0 fully saturated rings. The summed E-state index contributed by atoms with van der Waals surface area (Å²) in [7, 11) is 1.13. The lowest BCUT2D eigenvalue weighted by molar-refractivity contribution is -0.146. The average molecular weight is 316 g/mol. The normalized spacial score (nSPS) is 11.4. The van der Waals surface area contributed by atoms with Gasteiger partial charge in [0.1, 0.15) is 5.69 Å². The summed E-state index contributed by atoms with van der Waals surface area (Å²) >= 11 is 5.71. The molecule has 114 valence electrons. The van der Waals surface area contributed by atoms with Crippen molar-refractivity contribution in [2.45, 2.75) is 6.04 Å². The Morgan fingerprint density at radius 3 is 2.76 bits per heavy atom.